The highest BCUT2D eigenvalue weighted by Crippen LogP contribution is 2.36. The third kappa shape index (κ3) is 6.19. The van der Waals surface area contributed by atoms with Crippen molar-refractivity contribution in [3.05, 3.63) is 56.5 Å². The molecule has 2 aromatic carbocycles. The first-order valence-electron chi connectivity index (χ1n) is 8.31. The zero-order chi connectivity index (χ0) is 20.5. The number of rotatable bonds is 9. The molecule has 0 unspecified atom stereocenters. The lowest BCUT2D eigenvalue weighted by molar-refractivity contribution is -0.142. The van der Waals surface area contributed by atoms with Gasteiger partial charge in [-0.2, -0.15) is 5.10 Å². The van der Waals surface area contributed by atoms with Gasteiger partial charge in [0.25, 0.3) is 0 Å². The molecule has 0 atom stereocenters. The van der Waals surface area contributed by atoms with Crippen LogP contribution in [-0.4, -0.2) is 32.5 Å². The van der Waals surface area contributed by atoms with E-state index in [0.29, 0.717) is 34.5 Å². The summed E-state index contributed by atoms with van der Waals surface area (Å²) in [4.78, 5) is 11.3. The quantitative estimate of drug-likeness (QED) is 0.343. The van der Waals surface area contributed by atoms with Crippen LogP contribution in [0.15, 0.2) is 35.4 Å². The highest BCUT2D eigenvalue weighted by Gasteiger charge is 2.14. The van der Waals surface area contributed by atoms with E-state index in [2.05, 4.69) is 15.3 Å². The fraction of sp³-hybridized carbons (Fsp3) is 0.263. The molecule has 2 rings (SSSR count). The van der Waals surface area contributed by atoms with Gasteiger partial charge in [0.2, 0.25) is 0 Å². The van der Waals surface area contributed by atoms with Gasteiger partial charge in [-0.25, -0.2) is 4.79 Å². The van der Waals surface area contributed by atoms with Crippen LogP contribution in [0.1, 0.15) is 18.1 Å². The molecule has 0 spiro atoms. The maximum absolute atomic E-state index is 11.3. The van der Waals surface area contributed by atoms with E-state index in [1.54, 1.807) is 36.5 Å². The number of ether oxygens (including phenoxy) is 3. The monoisotopic (exact) mass is 444 g/mol. The third-order valence-electron chi connectivity index (χ3n) is 3.52. The Hall–Kier alpha value is -2.15. The lowest BCUT2D eigenvalue weighted by Crippen LogP contribution is -2.13. The van der Waals surface area contributed by atoms with E-state index in [9.17, 15) is 4.79 Å². The third-order valence-corrected chi connectivity index (χ3v) is 4.51. The Morgan fingerprint density at radius 2 is 1.86 bits per heavy atom. The summed E-state index contributed by atoms with van der Waals surface area (Å²) in [7, 11) is 1.28. The van der Waals surface area contributed by atoms with Crippen molar-refractivity contribution in [2.75, 3.05) is 20.3 Å². The Kier molecular flexibility index (Phi) is 8.70. The molecule has 0 fully saturated rings. The molecule has 0 aliphatic heterocycles. The molecule has 0 saturated carbocycles. The summed E-state index contributed by atoms with van der Waals surface area (Å²) < 4.78 is 15.5. The van der Waals surface area contributed by atoms with Crippen molar-refractivity contribution >= 4 is 47.0 Å². The fourth-order valence-electron chi connectivity index (χ4n) is 2.20. The number of methoxy groups -OCH3 is 1. The number of esters is 1. The van der Waals surface area contributed by atoms with Gasteiger partial charge in [-0.05, 0) is 36.8 Å². The van der Waals surface area contributed by atoms with Crippen molar-refractivity contribution in [3.8, 4) is 11.5 Å². The van der Waals surface area contributed by atoms with Crippen molar-refractivity contribution in [2.45, 2.75) is 13.5 Å². The molecule has 0 bridgehead atoms. The largest absolute Gasteiger partial charge is 0.490 e. The number of hydrazone groups is 1. The molecule has 0 aromatic heterocycles. The van der Waals surface area contributed by atoms with Crippen LogP contribution in [0.4, 0.5) is 0 Å². The number of nitrogens with zero attached hydrogens (tertiary/aromatic N) is 1. The Bertz CT molecular complexity index is 839. The van der Waals surface area contributed by atoms with Crippen molar-refractivity contribution in [1.29, 1.82) is 0 Å². The number of carbonyl (C=O) groups excluding carboxylic acids is 1. The first kappa shape index (κ1) is 22.1. The fourth-order valence-corrected chi connectivity index (χ4v) is 3.01. The maximum atomic E-state index is 11.3. The predicted octanol–water partition coefficient (Wildman–Crippen LogP) is 4.72. The highest BCUT2D eigenvalue weighted by atomic mass is 35.5. The number of halogens is 3. The van der Waals surface area contributed by atoms with Crippen molar-refractivity contribution in [1.82, 2.24) is 5.43 Å². The van der Waals surface area contributed by atoms with Crippen LogP contribution in [0, 0.1) is 0 Å². The molecule has 6 nitrogen and oxygen atoms in total. The van der Waals surface area contributed by atoms with E-state index < -0.39 is 5.97 Å². The van der Waals surface area contributed by atoms with Crippen LogP contribution in [-0.2, 0) is 16.1 Å². The molecule has 0 saturated heterocycles. The minimum atomic E-state index is -0.522. The average molecular weight is 446 g/mol. The van der Waals surface area contributed by atoms with Gasteiger partial charge in [0.1, 0.15) is 0 Å². The van der Waals surface area contributed by atoms with Crippen LogP contribution in [0.2, 0.25) is 15.1 Å². The molecule has 150 valence electrons. The van der Waals surface area contributed by atoms with Gasteiger partial charge in [-0.3, -0.25) is 0 Å². The summed E-state index contributed by atoms with van der Waals surface area (Å²) in [6.07, 6.45) is 1.57. The number of benzene rings is 2. The molecular formula is C19H19Cl3N2O4. The van der Waals surface area contributed by atoms with Crippen LogP contribution < -0.4 is 14.9 Å². The second-order valence-corrected chi connectivity index (χ2v) is 6.64. The van der Waals surface area contributed by atoms with Crippen LogP contribution in [0.5, 0.6) is 11.5 Å². The molecule has 28 heavy (non-hydrogen) atoms. The molecule has 2 aromatic rings. The van der Waals surface area contributed by atoms with Gasteiger partial charge in [-0.15, -0.1) is 0 Å². The molecular weight excluding hydrogens is 427 g/mol. The van der Waals surface area contributed by atoms with Crippen LogP contribution >= 0.6 is 34.8 Å². The molecule has 9 heteroatoms. The molecule has 0 heterocycles. The van der Waals surface area contributed by atoms with Gasteiger partial charge in [0.15, 0.2) is 18.1 Å². The summed E-state index contributed by atoms with van der Waals surface area (Å²) in [6, 6.07) is 8.64. The smallest absolute Gasteiger partial charge is 0.343 e. The molecule has 0 amide bonds. The molecule has 1 N–H and O–H groups in total. The van der Waals surface area contributed by atoms with Crippen LogP contribution in [0.3, 0.4) is 0 Å². The van der Waals surface area contributed by atoms with Gasteiger partial charge in [-0.1, -0.05) is 40.9 Å². The maximum Gasteiger partial charge on any atom is 0.343 e. The van der Waals surface area contributed by atoms with Crippen molar-refractivity contribution in [2.24, 2.45) is 5.10 Å². The summed E-state index contributed by atoms with van der Waals surface area (Å²) in [5, 5.41) is 5.56. The van der Waals surface area contributed by atoms with Gasteiger partial charge >= 0.3 is 5.97 Å². The lowest BCUT2D eigenvalue weighted by atomic mass is 10.2. The summed E-state index contributed by atoms with van der Waals surface area (Å²) in [6.45, 7) is 2.31. The lowest BCUT2D eigenvalue weighted by Gasteiger charge is -2.13. The van der Waals surface area contributed by atoms with Crippen molar-refractivity contribution < 1.29 is 19.0 Å². The predicted molar refractivity (Wildman–Crippen MR) is 111 cm³/mol. The van der Waals surface area contributed by atoms with E-state index in [1.165, 1.54) is 7.11 Å². The Balaban J connectivity index is 2.10. The average Bonchev–Trinajstić information content (AvgIpc) is 2.66. The van der Waals surface area contributed by atoms with E-state index in [4.69, 9.17) is 44.3 Å². The standard InChI is InChI=1S/C19H19Cl3N2O4/c1-3-27-17-8-12(7-16(22)19(17)28-11-18(25)26-2)9-23-24-10-13-14(20)5-4-6-15(13)21/h4-9,24H,3,10-11H2,1-2H3/b23-9-. The second kappa shape index (κ2) is 11.0. The minimum absolute atomic E-state index is 0.266. The summed E-state index contributed by atoms with van der Waals surface area (Å²) in [5.74, 6) is 0.142. The first-order chi connectivity index (χ1) is 13.5. The number of carbonyl (C=O) groups is 1. The normalized spacial score (nSPS) is 10.8. The zero-order valence-corrected chi connectivity index (χ0v) is 17.6. The SMILES string of the molecule is CCOc1cc(/C=N\NCc2c(Cl)cccc2Cl)cc(Cl)c1OCC(=O)OC. The highest BCUT2D eigenvalue weighted by molar-refractivity contribution is 6.36. The van der Waals surface area contributed by atoms with E-state index in [0.717, 1.165) is 5.56 Å². The molecule has 0 aliphatic rings. The van der Waals surface area contributed by atoms with Gasteiger partial charge in [0.05, 0.1) is 31.5 Å². The van der Waals surface area contributed by atoms with E-state index >= 15 is 0 Å². The minimum Gasteiger partial charge on any atom is -0.490 e. The van der Waals surface area contributed by atoms with E-state index in [1.807, 2.05) is 6.92 Å². The zero-order valence-electron chi connectivity index (χ0n) is 15.3. The molecule has 0 radical (unpaired) electrons. The Labute approximate surface area is 178 Å². The van der Waals surface area contributed by atoms with Crippen molar-refractivity contribution in [3.63, 3.8) is 0 Å². The first-order valence-corrected chi connectivity index (χ1v) is 9.44. The van der Waals surface area contributed by atoms with E-state index in [-0.39, 0.29) is 17.4 Å². The van der Waals surface area contributed by atoms with Gasteiger partial charge in [0, 0.05) is 15.6 Å². The number of nitrogens with one attached hydrogen (secondary N) is 1. The second-order valence-electron chi connectivity index (χ2n) is 5.42. The Morgan fingerprint density at radius 1 is 1.14 bits per heavy atom. The summed E-state index contributed by atoms with van der Waals surface area (Å²) in [5.41, 5.74) is 4.32. The van der Waals surface area contributed by atoms with Gasteiger partial charge < -0.3 is 19.6 Å². The topological polar surface area (TPSA) is 69.1 Å². The molecule has 0 aliphatic carbocycles. The number of hydrogen-bond donors (Lipinski definition) is 1. The summed E-state index contributed by atoms with van der Waals surface area (Å²) >= 11 is 18.5. The number of hydrogen-bond acceptors (Lipinski definition) is 6. The van der Waals surface area contributed by atoms with Crippen LogP contribution in [0.25, 0.3) is 0 Å². The Morgan fingerprint density at radius 3 is 2.50 bits per heavy atom.